The predicted molar refractivity (Wildman–Crippen MR) is 67.7 cm³/mol. The molecule has 1 aliphatic rings. The Morgan fingerprint density at radius 3 is 3.06 bits per heavy atom. The van der Waals surface area contributed by atoms with Crippen LogP contribution in [0.15, 0.2) is 10.6 Å². The van der Waals surface area contributed by atoms with Gasteiger partial charge in [0.25, 0.3) is 0 Å². The molecule has 1 saturated heterocycles. The summed E-state index contributed by atoms with van der Waals surface area (Å²) < 4.78 is 5.54. The highest BCUT2D eigenvalue weighted by molar-refractivity contribution is 7.99. The van der Waals surface area contributed by atoms with Gasteiger partial charge >= 0.3 is 0 Å². The van der Waals surface area contributed by atoms with Gasteiger partial charge in [-0.05, 0) is 32.4 Å². The molecular weight excluding hydrogens is 220 g/mol. The van der Waals surface area contributed by atoms with Crippen LogP contribution in [0.5, 0.6) is 0 Å². The van der Waals surface area contributed by atoms with E-state index in [0.29, 0.717) is 11.3 Å². The maximum atomic E-state index is 5.54. The molecule has 3 atom stereocenters. The second kappa shape index (κ2) is 5.23. The number of hydrogen-bond acceptors (Lipinski definition) is 4. The van der Waals surface area contributed by atoms with Crippen molar-refractivity contribution < 1.29 is 4.42 Å². The zero-order valence-corrected chi connectivity index (χ0v) is 11.0. The van der Waals surface area contributed by atoms with E-state index in [1.54, 1.807) is 6.20 Å². The summed E-state index contributed by atoms with van der Waals surface area (Å²) in [4.78, 5) is 4.27. The smallest absolute Gasteiger partial charge is 0.211 e. The van der Waals surface area contributed by atoms with Crippen molar-refractivity contribution in [2.75, 3.05) is 5.75 Å². The molecule has 0 bridgehead atoms. The highest BCUT2D eigenvalue weighted by Gasteiger charge is 2.24. The first-order valence-corrected chi connectivity index (χ1v) is 7.01. The van der Waals surface area contributed by atoms with E-state index in [0.717, 1.165) is 11.7 Å². The monoisotopic (exact) mass is 240 g/mol. The van der Waals surface area contributed by atoms with Gasteiger partial charge in [0.1, 0.15) is 5.76 Å². The molecular formula is C12H20N2OS. The van der Waals surface area contributed by atoms with Gasteiger partial charge in [0.15, 0.2) is 0 Å². The molecule has 0 aliphatic carbocycles. The average Bonchev–Trinajstić information content (AvgIpc) is 2.68. The van der Waals surface area contributed by atoms with Gasteiger partial charge in [-0.25, -0.2) is 4.98 Å². The van der Waals surface area contributed by atoms with Gasteiger partial charge in [-0.2, -0.15) is 11.8 Å². The Morgan fingerprint density at radius 1 is 1.62 bits per heavy atom. The third-order valence-electron chi connectivity index (χ3n) is 3.08. The first-order chi connectivity index (χ1) is 7.66. The lowest BCUT2D eigenvalue weighted by Crippen LogP contribution is -2.40. The molecule has 0 spiro atoms. The summed E-state index contributed by atoms with van der Waals surface area (Å²) in [6, 6.07) is 0.792. The normalized spacial score (nSPS) is 27.9. The average molecular weight is 240 g/mol. The molecule has 0 amide bonds. The Balaban J connectivity index is 1.93. The molecule has 16 heavy (non-hydrogen) atoms. The fourth-order valence-corrected chi connectivity index (χ4v) is 3.26. The lowest BCUT2D eigenvalue weighted by atomic mass is 10.1. The van der Waals surface area contributed by atoms with Crippen molar-refractivity contribution in [3.8, 4) is 0 Å². The second-order valence-corrected chi connectivity index (χ2v) is 6.01. The number of nitrogens with one attached hydrogen (secondary N) is 1. The van der Waals surface area contributed by atoms with Crippen LogP contribution >= 0.6 is 11.8 Å². The van der Waals surface area contributed by atoms with Crippen molar-refractivity contribution >= 4 is 11.8 Å². The SMILES string of the molecule is Cc1cnc(C(C)NC2CCCSC2C)o1. The van der Waals surface area contributed by atoms with Crippen LogP contribution in [0.3, 0.4) is 0 Å². The summed E-state index contributed by atoms with van der Waals surface area (Å²) in [7, 11) is 0. The van der Waals surface area contributed by atoms with E-state index in [1.807, 2.05) is 6.92 Å². The molecule has 0 aromatic carbocycles. The van der Waals surface area contributed by atoms with Crippen LogP contribution in [0.25, 0.3) is 0 Å². The third kappa shape index (κ3) is 2.80. The fraction of sp³-hybridized carbons (Fsp3) is 0.750. The molecule has 1 aromatic rings. The standard InChI is InChI=1S/C12H20N2OS/c1-8-7-13-12(15-8)9(2)14-11-5-4-6-16-10(11)3/h7,9-11,14H,4-6H2,1-3H3. The molecule has 1 aromatic heterocycles. The van der Waals surface area contributed by atoms with E-state index in [4.69, 9.17) is 4.42 Å². The molecule has 3 unspecified atom stereocenters. The number of aromatic nitrogens is 1. The van der Waals surface area contributed by atoms with Gasteiger partial charge in [0.05, 0.1) is 12.2 Å². The summed E-state index contributed by atoms with van der Waals surface area (Å²) in [5.74, 6) is 2.99. The number of thioether (sulfide) groups is 1. The molecule has 0 radical (unpaired) electrons. The maximum absolute atomic E-state index is 5.54. The van der Waals surface area contributed by atoms with Crippen LogP contribution in [0.2, 0.25) is 0 Å². The molecule has 2 rings (SSSR count). The van der Waals surface area contributed by atoms with Crippen molar-refractivity contribution in [3.05, 3.63) is 17.8 Å². The van der Waals surface area contributed by atoms with Crippen LogP contribution in [0.1, 0.15) is 44.4 Å². The molecule has 90 valence electrons. The summed E-state index contributed by atoms with van der Waals surface area (Å²) >= 11 is 2.06. The lowest BCUT2D eigenvalue weighted by molar-refractivity contribution is 0.353. The van der Waals surface area contributed by atoms with Crippen LogP contribution in [0.4, 0.5) is 0 Å². The van der Waals surface area contributed by atoms with Crippen LogP contribution in [-0.4, -0.2) is 22.0 Å². The number of oxazole rings is 1. The van der Waals surface area contributed by atoms with Crippen molar-refractivity contribution in [2.24, 2.45) is 0 Å². The van der Waals surface area contributed by atoms with Crippen molar-refractivity contribution in [2.45, 2.75) is 50.9 Å². The minimum atomic E-state index is 0.208. The second-order valence-electron chi connectivity index (χ2n) is 4.52. The maximum Gasteiger partial charge on any atom is 0.211 e. The highest BCUT2D eigenvalue weighted by atomic mass is 32.2. The Morgan fingerprint density at radius 2 is 2.44 bits per heavy atom. The molecule has 1 aliphatic heterocycles. The third-order valence-corrected chi connectivity index (χ3v) is 4.46. The Kier molecular flexibility index (Phi) is 3.92. The number of aryl methyl sites for hydroxylation is 1. The Hall–Kier alpha value is -0.480. The fourth-order valence-electron chi connectivity index (χ4n) is 2.11. The zero-order chi connectivity index (χ0) is 11.5. The zero-order valence-electron chi connectivity index (χ0n) is 10.2. The summed E-state index contributed by atoms with van der Waals surface area (Å²) in [5.41, 5.74) is 0. The molecule has 3 nitrogen and oxygen atoms in total. The van der Waals surface area contributed by atoms with Gasteiger partial charge in [-0.3, -0.25) is 0 Å². The van der Waals surface area contributed by atoms with Gasteiger partial charge in [0.2, 0.25) is 5.89 Å². The quantitative estimate of drug-likeness (QED) is 0.881. The minimum Gasteiger partial charge on any atom is -0.444 e. The van der Waals surface area contributed by atoms with Crippen molar-refractivity contribution in [3.63, 3.8) is 0 Å². The first kappa shape index (κ1) is 12.0. The van der Waals surface area contributed by atoms with E-state index in [9.17, 15) is 0 Å². The molecule has 4 heteroatoms. The van der Waals surface area contributed by atoms with Gasteiger partial charge in [-0.15, -0.1) is 0 Å². The topological polar surface area (TPSA) is 38.1 Å². The number of nitrogens with zero attached hydrogens (tertiary/aromatic N) is 1. The van der Waals surface area contributed by atoms with E-state index in [1.165, 1.54) is 18.6 Å². The van der Waals surface area contributed by atoms with E-state index in [2.05, 4.69) is 35.9 Å². The number of hydrogen-bond donors (Lipinski definition) is 1. The predicted octanol–water partition coefficient (Wildman–Crippen LogP) is 2.92. The minimum absolute atomic E-state index is 0.208. The van der Waals surface area contributed by atoms with Crippen molar-refractivity contribution in [1.29, 1.82) is 0 Å². The lowest BCUT2D eigenvalue weighted by Gasteiger charge is -2.30. The molecule has 0 saturated carbocycles. The summed E-state index contributed by atoms with van der Waals surface area (Å²) in [5, 5.41) is 4.31. The van der Waals surface area contributed by atoms with Crippen LogP contribution in [0, 0.1) is 6.92 Å². The molecule has 2 heterocycles. The van der Waals surface area contributed by atoms with E-state index in [-0.39, 0.29) is 6.04 Å². The molecule has 1 fully saturated rings. The van der Waals surface area contributed by atoms with Crippen LogP contribution in [-0.2, 0) is 0 Å². The largest absolute Gasteiger partial charge is 0.444 e. The first-order valence-electron chi connectivity index (χ1n) is 5.97. The summed E-state index contributed by atoms with van der Waals surface area (Å²) in [6.07, 6.45) is 4.36. The van der Waals surface area contributed by atoms with Gasteiger partial charge < -0.3 is 9.73 Å². The van der Waals surface area contributed by atoms with Crippen molar-refractivity contribution in [1.82, 2.24) is 10.3 Å². The summed E-state index contributed by atoms with van der Waals surface area (Å²) in [6.45, 7) is 6.36. The van der Waals surface area contributed by atoms with Gasteiger partial charge in [-0.1, -0.05) is 6.92 Å². The van der Waals surface area contributed by atoms with E-state index >= 15 is 0 Å². The highest BCUT2D eigenvalue weighted by Crippen LogP contribution is 2.27. The van der Waals surface area contributed by atoms with Crippen LogP contribution < -0.4 is 5.32 Å². The van der Waals surface area contributed by atoms with E-state index < -0.39 is 0 Å². The number of rotatable bonds is 3. The van der Waals surface area contributed by atoms with Gasteiger partial charge in [0, 0.05) is 11.3 Å². The Labute approximate surface area is 101 Å². The Bertz CT molecular complexity index is 340. The molecule has 1 N–H and O–H groups in total.